The van der Waals surface area contributed by atoms with Gasteiger partial charge >= 0.3 is 11.9 Å². The van der Waals surface area contributed by atoms with Crippen molar-refractivity contribution in [2.24, 2.45) is 0 Å². The van der Waals surface area contributed by atoms with Crippen LogP contribution in [0.2, 0.25) is 0 Å². The largest absolute Gasteiger partial charge is 0.481 e. The van der Waals surface area contributed by atoms with E-state index in [2.05, 4.69) is 0 Å². The van der Waals surface area contributed by atoms with Gasteiger partial charge in [0.1, 0.15) is 0 Å². The van der Waals surface area contributed by atoms with E-state index in [9.17, 15) is 9.59 Å². The van der Waals surface area contributed by atoms with Crippen molar-refractivity contribution in [3.8, 4) is 0 Å². The molecule has 0 spiro atoms. The fraction of sp³-hybridized carbons (Fsp3) is 0.500. The van der Waals surface area contributed by atoms with Crippen LogP contribution in [-0.2, 0) is 9.59 Å². The van der Waals surface area contributed by atoms with E-state index in [0.717, 1.165) is 0 Å². The molecule has 0 aliphatic heterocycles. The van der Waals surface area contributed by atoms with Crippen LogP contribution in [0.25, 0.3) is 0 Å². The molecule has 0 amide bonds. The molecule has 0 radical (unpaired) electrons. The highest BCUT2D eigenvalue weighted by atomic mass is 16.4. The topological polar surface area (TPSA) is 94.8 Å². The van der Waals surface area contributed by atoms with Crippen LogP contribution in [0.5, 0.6) is 0 Å². The molecule has 0 saturated carbocycles. The van der Waals surface area contributed by atoms with E-state index in [1.54, 1.807) is 0 Å². The van der Waals surface area contributed by atoms with Crippen LogP contribution in [-0.4, -0.2) is 41.8 Å². The van der Waals surface area contributed by atoms with Gasteiger partial charge in [-0.05, 0) is 0 Å². The maximum Gasteiger partial charge on any atom is 0.333 e. The molecule has 0 aromatic rings. The minimum absolute atomic E-state index is 0. The van der Waals surface area contributed by atoms with Gasteiger partial charge in [-0.25, -0.2) is 4.79 Å². The summed E-state index contributed by atoms with van der Waals surface area (Å²) in [5.74, 6) is -2.85. The van der Waals surface area contributed by atoms with Crippen LogP contribution in [0.3, 0.4) is 0 Å². The standard InChI is InChI=1S/C4H6O5.BH3/c5-2(4(8)9)1-3(6)7;/h2,5H,1H2,(H,6,7)(H,8,9);1H3. The lowest BCUT2D eigenvalue weighted by atomic mass is 10.3. The maximum absolute atomic E-state index is 9.72. The van der Waals surface area contributed by atoms with Gasteiger partial charge in [-0.1, -0.05) is 0 Å². The summed E-state index contributed by atoms with van der Waals surface area (Å²) in [7, 11) is 0. The molecular weight excluding hydrogens is 139 g/mol. The molecule has 1 unspecified atom stereocenters. The van der Waals surface area contributed by atoms with E-state index in [4.69, 9.17) is 15.3 Å². The summed E-state index contributed by atoms with van der Waals surface area (Å²) in [6.07, 6.45) is -2.54. The third-order valence-electron chi connectivity index (χ3n) is 0.653. The monoisotopic (exact) mass is 148 g/mol. The zero-order valence-corrected chi connectivity index (χ0v) is 4.44. The van der Waals surface area contributed by atoms with Crippen molar-refractivity contribution in [3.63, 3.8) is 0 Å². The number of aliphatic carboxylic acids is 2. The summed E-state index contributed by atoms with van der Waals surface area (Å²) in [6.45, 7) is 0. The number of carboxylic acids is 2. The second-order valence-corrected chi connectivity index (χ2v) is 1.45. The molecule has 0 aliphatic rings. The van der Waals surface area contributed by atoms with E-state index in [-0.39, 0.29) is 8.41 Å². The third-order valence-corrected chi connectivity index (χ3v) is 0.653. The van der Waals surface area contributed by atoms with Crippen molar-refractivity contribution in [2.75, 3.05) is 0 Å². The first-order valence-electron chi connectivity index (χ1n) is 2.16. The highest BCUT2D eigenvalue weighted by Crippen LogP contribution is 1.89. The van der Waals surface area contributed by atoms with Gasteiger partial charge < -0.3 is 15.3 Å². The number of aliphatic hydroxyl groups is 1. The Bertz CT molecular complexity index is 134. The van der Waals surface area contributed by atoms with E-state index in [1.165, 1.54) is 0 Å². The third kappa shape index (κ3) is 5.11. The highest BCUT2D eigenvalue weighted by molar-refractivity contribution is 5.79. The molecule has 3 N–H and O–H groups in total. The molecule has 0 saturated heterocycles. The lowest BCUT2D eigenvalue weighted by Gasteiger charge is -1.97. The quantitative estimate of drug-likeness (QED) is 0.392. The Kier molecular flexibility index (Phi) is 5.64. The molecule has 0 aromatic heterocycles. The second-order valence-electron chi connectivity index (χ2n) is 1.45. The molecule has 0 heterocycles. The Labute approximate surface area is 58.9 Å². The van der Waals surface area contributed by atoms with Crippen molar-refractivity contribution in [3.05, 3.63) is 0 Å². The minimum Gasteiger partial charge on any atom is -0.481 e. The van der Waals surface area contributed by atoms with Crippen LogP contribution in [0.1, 0.15) is 6.42 Å². The number of aliphatic hydroxyl groups excluding tert-OH is 1. The minimum atomic E-state index is -1.79. The van der Waals surface area contributed by atoms with Gasteiger partial charge in [0.25, 0.3) is 0 Å². The van der Waals surface area contributed by atoms with Gasteiger partial charge in [-0.2, -0.15) is 0 Å². The predicted octanol–water partition coefficient (Wildman–Crippen LogP) is -2.28. The fourth-order valence-electron chi connectivity index (χ4n) is 0.253. The average molecular weight is 148 g/mol. The van der Waals surface area contributed by atoms with Gasteiger partial charge in [0, 0.05) is 0 Å². The van der Waals surface area contributed by atoms with Crippen LogP contribution in [0, 0.1) is 0 Å². The van der Waals surface area contributed by atoms with Gasteiger partial charge in [-0.3, -0.25) is 4.79 Å². The zero-order valence-electron chi connectivity index (χ0n) is 4.44. The predicted molar refractivity (Wildman–Crippen MR) is 35.8 cm³/mol. The molecule has 6 heteroatoms. The van der Waals surface area contributed by atoms with Crippen LogP contribution in [0.15, 0.2) is 0 Å². The number of carbonyl (C=O) groups is 2. The van der Waals surface area contributed by atoms with Crippen molar-refractivity contribution in [1.82, 2.24) is 0 Å². The molecule has 1 atom stereocenters. The van der Waals surface area contributed by atoms with Crippen LogP contribution in [0.4, 0.5) is 0 Å². The Morgan fingerprint density at radius 3 is 1.80 bits per heavy atom. The van der Waals surface area contributed by atoms with E-state index in [0.29, 0.717) is 0 Å². The van der Waals surface area contributed by atoms with Gasteiger partial charge in [0.15, 0.2) is 6.10 Å². The Morgan fingerprint density at radius 1 is 1.30 bits per heavy atom. The first-order valence-corrected chi connectivity index (χ1v) is 2.16. The van der Waals surface area contributed by atoms with Crippen LogP contribution >= 0.6 is 0 Å². The number of hydrogen-bond acceptors (Lipinski definition) is 3. The van der Waals surface area contributed by atoms with E-state index < -0.39 is 24.5 Å². The molecular formula is C4H9BO5. The summed E-state index contributed by atoms with van der Waals surface area (Å²) < 4.78 is 0. The SMILES string of the molecule is B.O=C(O)CC(O)C(=O)O. The number of hydrogen-bond donors (Lipinski definition) is 3. The van der Waals surface area contributed by atoms with Gasteiger partial charge in [0.05, 0.1) is 14.8 Å². The highest BCUT2D eigenvalue weighted by Gasteiger charge is 2.16. The van der Waals surface area contributed by atoms with E-state index in [1.807, 2.05) is 0 Å². The summed E-state index contributed by atoms with van der Waals surface area (Å²) >= 11 is 0. The molecule has 5 nitrogen and oxygen atoms in total. The fourth-order valence-corrected chi connectivity index (χ4v) is 0.253. The zero-order chi connectivity index (χ0) is 7.44. The summed E-state index contributed by atoms with van der Waals surface area (Å²) in [4.78, 5) is 19.4. The van der Waals surface area contributed by atoms with Crippen molar-refractivity contribution in [2.45, 2.75) is 12.5 Å². The molecule has 58 valence electrons. The van der Waals surface area contributed by atoms with Crippen molar-refractivity contribution in [1.29, 1.82) is 0 Å². The van der Waals surface area contributed by atoms with Crippen molar-refractivity contribution >= 4 is 20.4 Å². The van der Waals surface area contributed by atoms with Crippen molar-refractivity contribution < 1.29 is 24.9 Å². The first kappa shape index (κ1) is 11.7. The van der Waals surface area contributed by atoms with E-state index >= 15 is 0 Å². The first-order chi connectivity index (χ1) is 4.04. The Hall–Kier alpha value is -1.04. The molecule has 0 aromatic carbocycles. The summed E-state index contributed by atoms with van der Waals surface area (Å²) in [5, 5.41) is 24.1. The molecule has 0 aliphatic carbocycles. The normalized spacial score (nSPS) is 11.3. The molecule has 0 bridgehead atoms. The summed E-state index contributed by atoms with van der Waals surface area (Å²) in [5.41, 5.74) is 0. The average Bonchev–Trinajstić information content (AvgIpc) is 1.63. The lowest BCUT2D eigenvalue weighted by molar-refractivity contribution is -0.152. The smallest absolute Gasteiger partial charge is 0.333 e. The molecule has 0 rings (SSSR count). The number of rotatable bonds is 3. The second kappa shape index (κ2) is 4.81. The summed E-state index contributed by atoms with van der Waals surface area (Å²) in [6, 6.07) is 0. The lowest BCUT2D eigenvalue weighted by Crippen LogP contribution is -2.22. The Morgan fingerprint density at radius 2 is 1.70 bits per heavy atom. The maximum atomic E-state index is 9.72. The van der Waals surface area contributed by atoms with Gasteiger partial charge in [-0.15, -0.1) is 0 Å². The molecule has 0 fully saturated rings. The van der Waals surface area contributed by atoms with Crippen LogP contribution < -0.4 is 0 Å². The Balaban J connectivity index is 0. The van der Waals surface area contributed by atoms with Gasteiger partial charge in [0.2, 0.25) is 0 Å². The molecule has 10 heavy (non-hydrogen) atoms. The number of carboxylic acid groups (broad SMARTS) is 2.